The second kappa shape index (κ2) is 11.2. The van der Waals surface area contributed by atoms with Crippen molar-refractivity contribution >= 4 is 11.9 Å². The summed E-state index contributed by atoms with van der Waals surface area (Å²) in [7, 11) is 3.29. The van der Waals surface area contributed by atoms with Gasteiger partial charge in [0, 0.05) is 38.3 Å². The van der Waals surface area contributed by atoms with Gasteiger partial charge >= 0.3 is 5.97 Å². The average Bonchev–Trinajstić information content (AvgIpc) is 2.79. The summed E-state index contributed by atoms with van der Waals surface area (Å²) in [5, 5.41) is 7.45. The standard InChI is InChI=1S/C23H38N4O2/c1-6-23(7-2,26-18(3)19-11-9-8-10-12-19)17-25-22(24-4)27-15-13-20(14-16-27)21(28)29-5/h8-12,18,20,26H,6-7,13-17H2,1-5H3,(H,24,25). The predicted octanol–water partition coefficient (Wildman–Crippen LogP) is 3.36. The summed E-state index contributed by atoms with van der Waals surface area (Å²) in [6.45, 7) is 9.14. The molecule has 2 rings (SSSR count). The van der Waals surface area contributed by atoms with Crippen LogP contribution in [-0.4, -0.2) is 56.2 Å². The first-order valence-corrected chi connectivity index (χ1v) is 10.8. The molecule has 1 unspecified atom stereocenters. The highest BCUT2D eigenvalue weighted by atomic mass is 16.5. The summed E-state index contributed by atoms with van der Waals surface area (Å²) in [5.41, 5.74) is 1.28. The van der Waals surface area contributed by atoms with Crippen molar-refractivity contribution in [1.82, 2.24) is 15.5 Å². The fourth-order valence-corrected chi connectivity index (χ4v) is 4.11. The third-order valence-electron chi connectivity index (χ3n) is 6.30. The van der Waals surface area contributed by atoms with Gasteiger partial charge in [-0.1, -0.05) is 44.2 Å². The van der Waals surface area contributed by atoms with Crippen LogP contribution in [0.5, 0.6) is 0 Å². The van der Waals surface area contributed by atoms with Crippen molar-refractivity contribution in [2.24, 2.45) is 10.9 Å². The van der Waals surface area contributed by atoms with Crippen LogP contribution in [0.15, 0.2) is 35.3 Å². The fourth-order valence-electron chi connectivity index (χ4n) is 4.11. The summed E-state index contributed by atoms with van der Waals surface area (Å²) in [5.74, 6) is 0.824. The Balaban J connectivity index is 1.96. The van der Waals surface area contributed by atoms with Gasteiger partial charge in [-0.15, -0.1) is 0 Å². The Morgan fingerprint density at radius 1 is 1.24 bits per heavy atom. The van der Waals surface area contributed by atoms with Gasteiger partial charge in [0.05, 0.1) is 13.0 Å². The summed E-state index contributed by atoms with van der Waals surface area (Å²) in [4.78, 5) is 18.5. The van der Waals surface area contributed by atoms with Gasteiger partial charge in [0.1, 0.15) is 0 Å². The molecule has 0 radical (unpaired) electrons. The second-order valence-electron chi connectivity index (χ2n) is 7.95. The Bertz CT molecular complexity index is 650. The lowest BCUT2D eigenvalue weighted by atomic mass is 9.90. The number of carbonyl (C=O) groups is 1. The van der Waals surface area contributed by atoms with E-state index in [4.69, 9.17) is 4.74 Å². The van der Waals surface area contributed by atoms with Gasteiger partial charge < -0.3 is 20.3 Å². The molecule has 1 aliphatic heterocycles. The first kappa shape index (κ1) is 23.2. The summed E-state index contributed by atoms with van der Waals surface area (Å²) < 4.78 is 4.89. The van der Waals surface area contributed by atoms with E-state index in [-0.39, 0.29) is 23.5 Å². The van der Waals surface area contributed by atoms with Gasteiger partial charge in [-0.3, -0.25) is 9.79 Å². The van der Waals surface area contributed by atoms with Crippen molar-refractivity contribution in [1.29, 1.82) is 0 Å². The molecule has 1 heterocycles. The number of methoxy groups -OCH3 is 1. The number of hydrogen-bond acceptors (Lipinski definition) is 4. The molecule has 1 aliphatic rings. The molecule has 1 aromatic carbocycles. The maximum Gasteiger partial charge on any atom is 0.308 e. The zero-order valence-corrected chi connectivity index (χ0v) is 18.7. The van der Waals surface area contributed by atoms with E-state index in [0.29, 0.717) is 0 Å². The SMILES string of the molecule is CCC(CC)(CNC(=NC)N1CCC(C(=O)OC)CC1)NC(C)c1ccccc1. The van der Waals surface area contributed by atoms with Crippen LogP contribution in [0.25, 0.3) is 0 Å². The molecule has 1 aromatic rings. The van der Waals surface area contributed by atoms with Crippen molar-refractivity contribution in [3.05, 3.63) is 35.9 Å². The molecule has 0 aromatic heterocycles. The lowest BCUT2D eigenvalue weighted by molar-refractivity contribution is -0.146. The molecule has 0 bridgehead atoms. The Hall–Kier alpha value is -2.08. The third kappa shape index (κ3) is 6.20. The van der Waals surface area contributed by atoms with Gasteiger partial charge in [0.25, 0.3) is 0 Å². The van der Waals surface area contributed by atoms with Crippen LogP contribution < -0.4 is 10.6 Å². The Morgan fingerprint density at radius 3 is 2.38 bits per heavy atom. The largest absolute Gasteiger partial charge is 0.469 e. The first-order chi connectivity index (χ1) is 14.0. The van der Waals surface area contributed by atoms with E-state index < -0.39 is 0 Å². The number of guanidine groups is 1. The molecule has 0 aliphatic carbocycles. The number of esters is 1. The molecule has 1 atom stereocenters. The van der Waals surface area contributed by atoms with E-state index in [2.05, 4.69) is 71.6 Å². The number of carbonyl (C=O) groups excluding carboxylic acids is 1. The molecule has 1 saturated heterocycles. The lowest BCUT2D eigenvalue weighted by Crippen LogP contribution is -2.56. The van der Waals surface area contributed by atoms with Crippen LogP contribution in [0.1, 0.15) is 58.1 Å². The number of aliphatic imine (C=N–C) groups is 1. The van der Waals surface area contributed by atoms with Crippen LogP contribution in [0, 0.1) is 5.92 Å². The minimum Gasteiger partial charge on any atom is -0.469 e. The van der Waals surface area contributed by atoms with Crippen LogP contribution in [0.3, 0.4) is 0 Å². The van der Waals surface area contributed by atoms with E-state index in [1.54, 1.807) is 0 Å². The van der Waals surface area contributed by atoms with E-state index in [1.807, 2.05) is 7.05 Å². The fraction of sp³-hybridized carbons (Fsp3) is 0.652. The summed E-state index contributed by atoms with van der Waals surface area (Å²) >= 11 is 0. The van der Waals surface area contributed by atoms with Gasteiger partial charge in [-0.05, 0) is 38.2 Å². The van der Waals surface area contributed by atoms with E-state index in [1.165, 1.54) is 12.7 Å². The van der Waals surface area contributed by atoms with Gasteiger partial charge in [-0.2, -0.15) is 0 Å². The van der Waals surface area contributed by atoms with Crippen molar-refractivity contribution in [3.8, 4) is 0 Å². The minimum atomic E-state index is -0.0947. The van der Waals surface area contributed by atoms with Crippen molar-refractivity contribution in [3.63, 3.8) is 0 Å². The number of nitrogens with zero attached hydrogens (tertiary/aromatic N) is 2. The Kier molecular flexibility index (Phi) is 8.96. The van der Waals surface area contributed by atoms with E-state index >= 15 is 0 Å². The van der Waals surface area contributed by atoms with E-state index in [9.17, 15) is 4.79 Å². The zero-order chi connectivity index (χ0) is 21.3. The average molecular weight is 403 g/mol. The monoisotopic (exact) mass is 402 g/mol. The molecular formula is C23H38N4O2. The molecule has 29 heavy (non-hydrogen) atoms. The summed E-state index contributed by atoms with van der Waals surface area (Å²) in [6.07, 6.45) is 3.66. The van der Waals surface area contributed by atoms with Crippen LogP contribution >= 0.6 is 0 Å². The van der Waals surface area contributed by atoms with Crippen molar-refractivity contribution in [2.45, 2.75) is 58.0 Å². The number of benzene rings is 1. The van der Waals surface area contributed by atoms with Crippen molar-refractivity contribution < 1.29 is 9.53 Å². The highest BCUT2D eigenvalue weighted by molar-refractivity contribution is 5.80. The molecule has 162 valence electrons. The molecule has 6 nitrogen and oxygen atoms in total. The van der Waals surface area contributed by atoms with Crippen LogP contribution in [0.2, 0.25) is 0 Å². The maximum atomic E-state index is 11.8. The van der Waals surface area contributed by atoms with Crippen molar-refractivity contribution in [2.75, 3.05) is 33.8 Å². The Labute approximate surface area is 176 Å². The Morgan fingerprint density at radius 2 is 1.86 bits per heavy atom. The van der Waals surface area contributed by atoms with Crippen LogP contribution in [-0.2, 0) is 9.53 Å². The topological polar surface area (TPSA) is 66.0 Å². The quantitative estimate of drug-likeness (QED) is 0.397. The highest BCUT2D eigenvalue weighted by Gasteiger charge is 2.30. The first-order valence-electron chi connectivity index (χ1n) is 10.8. The zero-order valence-electron chi connectivity index (χ0n) is 18.7. The molecule has 2 N–H and O–H groups in total. The predicted molar refractivity (Wildman–Crippen MR) is 119 cm³/mol. The second-order valence-corrected chi connectivity index (χ2v) is 7.95. The van der Waals surface area contributed by atoms with Gasteiger partial charge in [-0.25, -0.2) is 0 Å². The van der Waals surface area contributed by atoms with Gasteiger partial charge in [0.15, 0.2) is 5.96 Å². The number of likely N-dealkylation sites (tertiary alicyclic amines) is 1. The molecule has 0 saturated carbocycles. The third-order valence-corrected chi connectivity index (χ3v) is 6.30. The number of rotatable bonds is 8. The molecule has 1 fully saturated rings. The lowest BCUT2D eigenvalue weighted by Gasteiger charge is -2.39. The van der Waals surface area contributed by atoms with E-state index in [0.717, 1.165) is 51.3 Å². The molecule has 6 heteroatoms. The number of piperidine rings is 1. The number of nitrogens with one attached hydrogen (secondary N) is 2. The number of ether oxygens (including phenoxy) is 1. The maximum absolute atomic E-state index is 11.8. The minimum absolute atomic E-state index is 0.00752. The highest BCUT2D eigenvalue weighted by Crippen LogP contribution is 2.22. The molecule has 0 spiro atoms. The molecular weight excluding hydrogens is 364 g/mol. The van der Waals surface area contributed by atoms with Crippen LogP contribution in [0.4, 0.5) is 0 Å². The van der Waals surface area contributed by atoms with Gasteiger partial charge in [0.2, 0.25) is 0 Å². The molecule has 0 amide bonds. The summed E-state index contributed by atoms with van der Waals surface area (Å²) in [6, 6.07) is 10.8. The normalized spacial score (nSPS) is 17.1. The number of hydrogen-bond donors (Lipinski definition) is 2. The smallest absolute Gasteiger partial charge is 0.308 e.